The molecular formula is C19H19NO. The van der Waals surface area contributed by atoms with E-state index in [0.717, 1.165) is 16.8 Å². The van der Waals surface area contributed by atoms with Crippen molar-refractivity contribution in [1.29, 1.82) is 0 Å². The van der Waals surface area contributed by atoms with Gasteiger partial charge in [0.15, 0.2) is 0 Å². The lowest BCUT2D eigenvalue weighted by Gasteiger charge is -2.17. The van der Waals surface area contributed by atoms with Crippen molar-refractivity contribution in [3.63, 3.8) is 0 Å². The first-order valence-electron chi connectivity index (χ1n) is 6.91. The van der Waals surface area contributed by atoms with Crippen LogP contribution in [-0.4, -0.2) is 13.0 Å². The summed E-state index contributed by atoms with van der Waals surface area (Å²) in [5.41, 5.74) is 5.18. The smallest absolute Gasteiger partial charge is 0.302 e. The summed E-state index contributed by atoms with van der Waals surface area (Å²) in [6.45, 7) is 6.06. The van der Waals surface area contributed by atoms with E-state index in [1.165, 1.54) is 11.1 Å². The van der Waals surface area contributed by atoms with Crippen LogP contribution in [0.5, 0.6) is 0 Å². The molecule has 0 saturated carbocycles. The molecule has 0 unspecified atom stereocenters. The van der Waals surface area contributed by atoms with Gasteiger partial charge >= 0.3 is 5.91 Å². The van der Waals surface area contributed by atoms with Gasteiger partial charge in [0.05, 0.1) is 0 Å². The minimum Gasteiger partial charge on any atom is -0.304 e. The third-order valence-corrected chi connectivity index (χ3v) is 3.38. The molecule has 0 fully saturated rings. The Morgan fingerprint density at radius 2 is 1.57 bits per heavy atom. The minimum absolute atomic E-state index is 0.206. The number of hydrogen-bond donors (Lipinski definition) is 0. The summed E-state index contributed by atoms with van der Waals surface area (Å²) in [5.74, 6) is 5.40. The number of carbonyl (C=O) groups is 1. The number of anilines is 1. The van der Waals surface area contributed by atoms with E-state index in [1.807, 2.05) is 57.2 Å². The van der Waals surface area contributed by atoms with Gasteiger partial charge in [0, 0.05) is 24.2 Å². The fraction of sp³-hybridized carbons (Fsp3) is 0.211. The van der Waals surface area contributed by atoms with Crippen LogP contribution in [0, 0.1) is 32.6 Å². The third-order valence-electron chi connectivity index (χ3n) is 3.38. The highest BCUT2D eigenvalue weighted by atomic mass is 16.2. The van der Waals surface area contributed by atoms with Gasteiger partial charge in [-0.3, -0.25) is 4.79 Å². The summed E-state index contributed by atoms with van der Waals surface area (Å²) in [7, 11) is 1.75. The molecule has 0 N–H and O–H groups in total. The Hall–Kier alpha value is -2.53. The zero-order valence-corrected chi connectivity index (χ0v) is 12.9. The van der Waals surface area contributed by atoms with E-state index in [4.69, 9.17) is 0 Å². The van der Waals surface area contributed by atoms with Crippen LogP contribution in [0.4, 0.5) is 5.69 Å². The molecule has 0 aromatic heterocycles. The molecule has 2 heteroatoms. The van der Waals surface area contributed by atoms with Gasteiger partial charge in [0.2, 0.25) is 0 Å². The molecule has 2 nitrogen and oxygen atoms in total. The molecular weight excluding hydrogens is 258 g/mol. The van der Waals surface area contributed by atoms with E-state index >= 15 is 0 Å². The second-order valence-corrected chi connectivity index (χ2v) is 5.27. The molecule has 0 radical (unpaired) electrons. The maximum Gasteiger partial charge on any atom is 0.302 e. The third kappa shape index (κ3) is 3.73. The predicted octanol–water partition coefficient (Wildman–Crippen LogP) is 3.63. The zero-order chi connectivity index (χ0) is 15.4. The number of hydrogen-bond acceptors (Lipinski definition) is 1. The van der Waals surface area contributed by atoms with Gasteiger partial charge in [-0.15, -0.1) is 0 Å². The SMILES string of the molecule is Cc1ccc(C#CC(=O)N(C)c2ccc(C)cc2C)cc1. The Balaban J connectivity index is 2.18. The van der Waals surface area contributed by atoms with Gasteiger partial charge in [-0.1, -0.05) is 41.3 Å². The van der Waals surface area contributed by atoms with E-state index in [0.29, 0.717) is 0 Å². The minimum atomic E-state index is -0.206. The van der Waals surface area contributed by atoms with Crippen LogP contribution < -0.4 is 4.90 Å². The van der Waals surface area contributed by atoms with Crippen LogP contribution in [0.15, 0.2) is 42.5 Å². The normalized spacial score (nSPS) is 9.71. The second-order valence-electron chi connectivity index (χ2n) is 5.27. The highest BCUT2D eigenvalue weighted by Gasteiger charge is 2.10. The number of rotatable bonds is 1. The fourth-order valence-corrected chi connectivity index (χ4v) is 2.14. The van der Waals surface area contributed by atoms with E-state index < -0.39 is 0 Å². The summed E-state index contributed by atoms with van der Waals surface area (Å²) in [5, 5.41) is 0. The fourth-order valence-electron chi connectivity index (χ4n) is 2.14. The van der Waals surface area contributed by atoms with Crippen molar-refractivity contribution in [2.24, 2.45) is 0 Å². The Kier molecular flexibility index (Phi) is 4.45. The van der Waals surface area contributed by atoms with Crippen LogP contribution >= 0.6 is 0 Å². The van der Waals surface area contributed by atoms with Crippen molar-refractivity contribution >= 4 is 11.6 Å². The van der Waals surface area contributed by atoms with Crippen LogP contribution in [0.3, 0.4) is 0 Å². The molecule has 0 saturated heterocycles. The van der Waals surface area contributed by atoms with Crippen molar-refractivity contribution in [3.05, 3.63) is 64.7 Å². The van der Waals surface area contributed by atoms with E-state index in [1.54, 1.807) is 11.9 Å². The molecule has 21 heavy (non-hydrogen) atoms. The monoisotopic (exact) mass is 277 g/mol. The zero-order valence-electron chi connectivity index (χ0n) is 12.9. The topological polar surface area (TPSA) is 20.3 Å². The highest BCUT2D eigenvalue weighted by molar-refractivity contribution is 6.06. The summed E-state index contributed by atoms with van der Waals surface area (Å²) < 4.78 is 0. The van der Waals surface area contributed by atoms with Crippen molar-refractivity contribution in [2.75, 3.05) is 11.9 Å². The molecule has 1 amide bonds. The first-order valence-corrected chi connectivity index (χ1v) is 6.91. The summed E-state index contributed by atoms with van der Waals surface area (Å²) in [4.78, 5) is 13.8. The Morgan fingerprint density at radius 3 is 2.19 bits per heavy atom. The van der Waals surface area contributed by atoms with Crippen LogP contribution in [0.2, 0.25) is 0 Å². The van der Waals surface area contributed by atoms with Crippen molar-refractivity contribution in [1.82, 2.24) is 0 Å². The lowest BCUT2D eigenvalue weighted by atomic mass is 10.1. The summed E-state index contributed by atoms with van der Waals surface area (Å²) >= 11 is 0. The largest absolute Gasteiger partial charge is 0.304 e. The van der Waals surface area contributed by atoms with Gasteiger partial charge in [-0.25, -0.2) is 0 Å². The average Bonchev–Trinajstić information content (AvgIpc) is 2.45. The molecule has 0 heterocycles. The van der Waals surface area contributed by atoms with Crippen LogP contribution in [0.25, 0.3) is 0 Å². The van der Waals surface area contributed by atoms with Crippen LogP contribution in [-0.2, 0) is 4.79 Å². The van der Waals surface area contributed by atoms with E-state index in [9.17, 15) is 4.79 Å². The molecule has 0 aliphatic heterocycles. The molecule has 2 aromatic rings. The summed E-state index contributed by atoms with van der Waals surface area (Å²) in [6.07, 6.45) is 0. The Labute approximate surface area is 126 Å². The Bertz CT molecular complexity index is 717. The summed E-state index contributed by atoms with van der Waals surface area (Å²) in [6, 6.07) is 13.8. The predicted molar refractivity (Wildman–Crippen MR) is 87.4 cm³/mol. The Morgan fingerprint density at radius 1 is 0.952 bits per heavy atom. The van der Waals surface area contributed by atoms with Gasteiger partial charge in [0.25, 0.3) is 0 Å². The second kappa shape index (κ2) is 6.28. The van der Waals surface area contributed by atoms with Crippen molar-refractivity contribution < 1.29 is 4.79 Å². The highest BCUT2D eigenvalue weighted by Crippen LogP contribution is 2.19. The number of nitrogens with zero attached hydrogens (tertiary/aromatic N) is 1. The maximum atomic E-state index is 12.2. The van der Waals surface area contributed by atoms with Gasteiger partial charge in [-0.05, 0) is 44.5 Å². The van der Waals surface area contributed by atoms with E-state index in [-0.39, 0.29) is 5.91 Å². The molecule has 0 aliphatic rings. The van der Waals surface area contributed by atoms with Gasteiger partial charge in [0.1, 0.15) is 0 Å². The molecule has 2 aromatic carbocycles. The molecule has 0 atom stereocenters. The van der Waals surface area contributed by atoms with Gasteiger partial charge in [-0.2, -0.15) is 0 Å². The van der Waals surface area contributed by atoms with Gasteiger partial charge < -0.3 is 4.90 Å². The lowest BCUT2D eigenvalue weighted by Crippen LogP contribution is -2.25. The lowest BCUT2D eigenvalue weighted by molar-refractivity contribution is -0.113. The average molecular weight is 277 g/mol. The number of amides is 1. The molecule has 0 spiro atoms. The molecule has 2 rings (SSSR count). The number of carbonyl (C=O) groups excluding carboxylic acids is 1. The van der Waals surface area contributed by atoms with Crippen molar-refractivity contribution in [2.45, 2.75) is 20.8 Å². The maximum absolute atomic E-state index is 12.2. The molecule has 0 aliphatic carbocycles. The number of benzene rings is 2. The molecule has 0 bridgehead atoms. The first kappa shape index (κ1) is 14.9. The van der Waals surface area contributed by atoms with Crippen LogP contribution in [0.1, 0.15) is 22.3 Å². The molecule has 106 valence electrons. The standard InChI is InChI=1S/C19H19NO/c1-14-5-8-17(9-6-14)10-12-19(21)20(4)18-11-7-15(2)13-16(18)3/h5-9,11,13H,1-4H3. The van der Waals surface area contributed by atoms with Crippen molar-refractivity contribution in [3.8, 4) is 11.8 Å². The quantitative estimate of drug-likeness (QED) is 0.729. The first-order chi connectivity index (χ1) is 9.97. The van der Waals surface area contributed by atoms with E-state index in [2.05, 4.69) is 17.9 Å². The number of aryl methyl sites for hydroxylation is 3.